The standard InChI is InChI=1S/C16H21NO/c1-11-2-4-12(5-3-11)10-16(18)17-15-9-13-6-7-14(15)8-13/h2-5,13-15H,6-10H2,1H3,(H,17,18). The van der Waals surface area contributed by atoms with Crippen molar-refractivity contribution in [3.8, 4) is 0 Å². The highest BCUT2D eigenvalue weighted by Crippen LogP contribution is 2.44. The second-order valence-corrected chi connectivity index (χ2v) is 6.01. The molecule has 0 aliphatic heterocycles. The summed E-state index contributed by atoms with van der Waals surface area (Å²) in [6.07, 6.45) is 5.78. The average Bonchev–Trinajstić information content (AvgIpc) is 2.94. The van der Waals surface area contributed by atoms with Gasteiger partial charge in [-0.15, -0.1) is 0 Å². The van der Waals surface area contributed by atoms with E-state index in [0.717, 1.165) is 17.4 Å². The molecule has 0 radical (unpaired) electrons. The van der Waals surface area contributed by atoms with Gasteiger partial charge >= 0.3 is 0 Å². The normalized spacial score (nSPS) is 29.5. The minimum Gasteiger partial charge on any atom is -0.353 e. The molecule has 2 aliphatic carbocycles. The molecule has 2 nitrogen and oxygen atoms in total. The fraction of sp³-hybridized carbons (Fsp3) is 0.562. The lowest BCUT2D eigenvalue weighted by atomic mass is 9.95. The van der Waals surface area contributed by atoms with Crippen LogP contribution in [0.5, 0.6) is 0 Å². The van der Waals surface area contributed by atoms with Gasteiger partial charge in [-0.25, -0.2) is 0 Å². The number of benzene rings is 1. The van der Waals surface area contributed by atoms with Crippen molar-refractivity contribution in [3.63, 3.8) is 0 Å². The van der Waals surface area contributed by atoms with Crippen molar-refractivity contribution in [2.45, 2.75) is 45.1 Å². The maximum atomic E-state index is 12.0. The number of carbonyl (C=O) groups is 1. The van der Waals surface area contributed by atoms with Crippen molar-refractivity contribution in [2.24, 2.45) is 11.8 Å². The van der Waals surface area contributed by atoms with Crippen molar-refractivity contribution in [2.75, 3.05) is 0 Å². The fourth-order valence-corrected chi connectivity index (χ4v) is 3.57. The van der Waals surface area contributed by atoms with Gasteiger partial charge in [-0.1, -0.05) is 36.2 Å². The molecule has 1 N–H and O–H groups in total. The second kappa shape index (κ2) is 4.75. The van der Waals surface area contributed by atoms with Crippen LogP contribution in [0.4, 0.5) is 0 Å². The number of hydrogen-bond donors (Lipinski definition) is 1. The zero-order valence-electron chi connectivity index (χ0n) is 11.0. The summed E-state index contributed by atoms with van der Waals surface area (Å²) in [6.45, 7) is 2.07. The van der Waals surface area contributed by atoms with E-state index >= 15 is 0 Å². The number of hydrogen-bond acceptors (Lipinski definition) is 1. The summed E-state index contributed by atoms with van der Waals surface area (Å²) in [5.41, 5.74) is 2.36. The summed E-state index contributed by atoms with van der Waals surface area (Å²) < 4.78 is 0. The van der Waals surface area contributed by atoms with E-state index in [9.17, 15) is 4.79 Å². The summed E-state index contributed by atoms with van der Waals surface area (Å²) in [6, 6.07) is 8.70. The molecule has 0 aromatic heterocycles. The molecule has 2 aliphatic rings. The molecule has 2 bridgehead atoms. The first-order valence-electron chi connectivity index (χ1n) is 7.05. The fourth-order valence-electron chi connectivity index (χ4n) is 3.57. The lowest BCUT2D eigenvalue weighted by Gasteiger charge is -2.22. The van der Waals surface area contributed by atoms with Crippen LogP contribution in [0.2, 0.25) is 0 Å². The molecule has 1 aromatic carbocycles. The maximum absolute atomic E-state index is 12.0. The molecular weight excluding hydrogens is 222 g/mol. The molecule has 3 rings (SSSR count). The lowest BCUT2D eigenvalue weighted by molar-refractivity contribution is -0.121. The minimum atomic E-state index is 0.191. The number of aryl methyl sites for hydroxylation is 1. The van der Waals surface area contributed by atoms with Crippen molar-refractivity contribution in [1.82, 2.24) is 5.32 Å². The Morgan fingerprint density at radius 2 is 2.00 bits per heavy atom. The van der Waals surface area contributed by atoms with Gasteiger partial charge in [0.05, 0.1) is 6.42 Å². The summed E-state index contributed by atoms with van der Waals surface area (Å²) >= 11 is 0. The monoisotopic (exact) mass is 243 g/mol. The van der Waals surface area contributed by atoms with E-state index in [1.807, 2.05) is 0 Å². The van der Waals surface area contributed by atoms with Gasteiger partial charge in [0.2, 0.25) is 5.91 Å². The van der Waals surface area contributed by atoms with E-state index in [2.05, 4.69) is 36.5 Å². The van der Waals surface area contributed by atoms with Crippen LogP contribution in [0.3, 0.4) is 0 Å². The lowest BCUT2D eigenvalue weighted by Crippen LogP contribution is -2.39. The molecule has 1 amide bonds. The topological polar surface area (TPSA) is 29.1 Å². The van der Waals surface area contributed by atoms with Gasteiger partial charge in [0.1, 0.15) is 0 Å². The molecule has 2 heteroatoms. The van der Waals surface area contributed by atoms with E-state index in [1.54, 1.807) is 0 Å². The highest BCUT2D eigenvalue weighted by atomic mass is 16.1. The summed E-state index contributed by atoms with van der Waals surface area (Å²) in [5, 5.41) is 3.23. The maximum Gasteiger partial charge on any atom is 0.224 e. The largest absolute Gasteiger partial charge is 0.353 e. The zero-order valence-corrected chi connectivity index (χ0v) is 11.0. The summed E-state index contributed by atoms with van der Waals surface area (Å²) in [7, 11) is 0. The number of fused-ring (bicyclic) bond motifs is 2. The van der Waals surface area contributed by atoms with Gasteiger partial charge in [-0.3, -0.25) is 4.79 Å². The van der Waals surface area contributed by atoms with Crippen LogP contribution in [0.15, 0.2) is 24.3 Å². The molecule has 1 aromatic rings. The third-order valence-corrected chi connectivity index (χ3v) is 4.57. The Morgan fingerprint density at radius 1 is 1.22 bits per heavy atom. The SMILES string of the molecule is Cc1ccc(CC(=O)NC2CC3CCC2C3)cc1. The first-order valence-corrected chi connectivity index (χ1v) is 7.05. The van der Waals surface area contributed by atoms with E-state index in [-0.39, 0.29) is 5.91 Å². The Hall–Kier alpha value is -1.31. The molecule has 3 unspecified atom stereocenters. The third kappa shape index (κ3) is 2.43. The first-order chi connectivity index (χ1) is 8.70. The molecule has 0 saturated heterocycles. The Kier molecular flexibility index (Phi) is 3.11. The van der Waals surface area contributed by atoms with Gasteiger partial charge in [-0.2, -0.15) is 0 Å². The van der Waals surface area contributed by atoms with Crippen LogP contribution in [0, 0.1) is 18.8 Å². The van der Waals surface area contributed by atoms with Crippen LogP contribution >= 0.6 is 0 Å². The van der Waals surface area contributed by atoms with E-state index in [4.69, 9.17) is 0 Å². The zero-order chi connectivity index (χ0) is 12.5. The first kappa shape index (κ1) is 11.8. The highest BCUT2D eigenvalue weighted by Gasteiger charge is 2.39. The molecule has 0 spiro atoms. The Balaban J connectivity index is 1.54. The number of carbonyl (C=O) groups excluding carboxylic acids is 1. The van der Waals surface area contributed by atoms with E-state index in [1.165, 1.54) is 31.2 Å². The predicted octanol–water partition coefficient (Wildman–Crippen LogP) is 2.84. The Bertz CT molecular complexity index is 437. The molecule has 2 fully saturated rings. The second-order valence-electron chi connectivity index (χ2n) is 6.01. The Morgan fingerprint density at radius 3 is 2.61 bits per heavy atom. The van der Waals surface area contributed by atoms with Crippen molar-refractivity contribution < 1.29 is 4.79 Å². The van der Waals surface area contributed by atoms with Gasteiger partial charge in [0, 0.05) is 6.04 Å². The minimum absolute atomic E-state index is 0.191. The van der Waals surface area contributed by atoms with Gasteiger partial charge < -0.3 is 5.32 Å². The highest BCUT2D eigenvalue weighted by molar-refractivity contribution is 5.79. The quantitative estimate of drug-likeness (QED) is 0.869. The molecule has 18 heavy (non-hydrogen) atoms. The van der Waals surface area contributed by atoms with Crippen LogP contribution in [-0.4, -0.2) is 11.9 Å². The number of amides is 1. The third-order valence-electron chi connectivity index (χ3n) is 4.57. The van der Waals surface area contributed by atoms with Gasteiger partial charge in [0.15, 0.2) is 0 Å². The van der Waals surface area contributed by atoms with Crippen molar-refractivity contribution >= 4 is 5.91 Å². The van der Waals surface area contributed by atoms with Crippen LogP contribution in [0.25, 0.3) is 0 Å². The number of rotatable bonds is 3. The average molecular weight is 243 g/mol. The van der Waals surface area contributed by atoms with Gasteiger partial charge in [0.25, 0.3) is 0 Å². The smallest absolute Gasteiger partial charge is 0.224 e. The van der Waals surface area contributed by atoms with Crippen LogP contribution < -0.4 is 5.32 Å². The van der Waals surface area contributed by atoms with Crippen LogP contribution in [0.1, 0.15) is 36.8 Å². The molecule has 3 atom stereocenters. The molecule has 96 valence electrons. The van der Waals surface area contributed by atoms with Crippen molar-refractivity contribution in [1.29, 1.82) is 0 Å². The Labute approximate surface area is 109 Å². The van der Waals surface area contributed by atoms with Crippen molar-refractivity contribution in [3.05, 3.63) is 35.4 Å². The molecule has 2 saturated carbocycles. The molecular formula is C16H21NO. The molecule has 0 heterocycles. The van der Waals surface area contributed by atoms with E-state index < -0.39 is 0 Å². The van der Waals surface area contributed by atoms with E-state index in [0.29, 0.717) is 12.5 Å². The van der Waals surface area contributed by atoms with Gasteiger partial charge in [-0.05, 0) is 43.6 Å². The van der Waals surface area contributed by atoms with Crippen LogP contribution in [-0.2, 0) is 11.2 Å². The predicted molar refractivity (Wildman–Crippen MR) is 72.3 cm³/mol. The number of nitrogens with one attached hydrogen (secondary N) is 1. The summed E-state index contributed by atoms with van der Waals surface area (Å²) in [4.78, 5) is 12.0. The summed E-state index contributed by atoms with van der Waals surface area (Å²) in [5.74, 6) is 1.84.